The number of urea groups is 1. The van der Waals surface area contributed by atoms with Crippen LogP contribution < -0.4 is 10.1 Å². The number of H-pyrrole nitrogens is 1. The second-order valence-electron chi connectivity index (χ2n) is 11.2. The first-order valence-corrected chi connectivity index (χ1v) is 14.1. The molecule has 3 aromatic rings. The summed E-state index contributed by atoms with van der Waals surface area (Å²) < 4.78 is 6.34. The number of rotatable bonds is 7. The summed E-state index contributed by atoms with van der Waals surface area (Å²) >= 11 is 6.22. The molecule has 12 heteroatoms. The number of benzene rings is 2. The highest BCUT2D eigenvalue weighted by atomic mass is 35.5. The van der Waals surface area contributed by atoms with Crippen LogP contribution in [0.25, 0.3) is 0 Å². The van der Waals surface area contributed by atoms with Crippen LogP contribution in [-0.4, -0.2) is 80.5 Å². The van der Waals surface area contributed by atoms with Gasteiger partial charge in [-0.05, 0) is 50.6 Å². The van der Waals surface area contributed by atoms with Crippen LogP contribution in [0.2, 0.25) is 5.02 Å². The van der Waals surface area contributed by atoms with Crippen LogP contribution in [0.3, 0.4) is 0 Å². The number of ether oxygens (including phenoxy) is 1. The van der Waals surface area contributed by atoms with Gasteiger partial charge in [0.15, 0.2) is 5.78 Å². The van der Waals surface area contributed by atoms with Crippen molar-refractivity contribution in [1.29, 1.82) is 0 Å². The van der Waals surface area contributed by atoms with E-state index in [0.717, 1.165) is 11.1 Å². The lowest BCUT2D eigenvalue weighted by molar-refractivity contribution is -0.123. The third kappa shape index (κ3) is 6.17. The Morgan fingerprint density at radius 2 is 1.90 bits per heavy atom. The smallest absolute Gasteiger partial charge is 0.326 e. The molecule has 0 aliphatic carbocycles. The van der Waals surface area contributed by atoms with Gasteiger partial charge in [0.25, 0.3) is 0 Å². The fourth-order valence-corrected chi connectivity index (χ4v) is 5.24. The van der Waals surface area contributed by atoms with Gasteiger partial charge < -0.3 is 20.1 Å². The Morgan fingerprint density at radius 1 is 1.14 bits per heavy atom. The summed E-state index contributed by atoms with van der Waals surface area (Å²) in [6, 6.07) is 10.6. The zero-order valence-corrected chi connectivity index (χ0v) is 24.4. The quantitative estimate of drug-likeness (QED) is 0.356. The number of amidine groups is 1. The van der Waals surface area contributed by atoms with E-state index in [-0.39, 0.29) is 31.3 Å². The molecule has 0 spiro atoms. The third-order valence-corrected chi connectivity index (χ3v) is 7.21. The molecule has 2 aromatic carbocycles. The molecule has 1 saturated heterocycles. The van der Waals surface area contributed by atoms with Gasteiger partial charge >= 0.3 is 6.03 Å². The van der Waals surface area contributed by atoms with Crippen LogP contribution in [0.15, 0.2) is 59.9 Å². The Kier molecular flexibility index (Phi) is 8.33. The molecule has 42 heavy (non-hydrogen) atoms. The summed E-state index contributed by atoms with van der Waals surface area (Å²) in [5.74, 6) is 0.212. The molecule has 0 bridgehead atoms. The molecule has 5 rings (SSSR count). The van der Waals surface area contributed by atoms with Gasteiger partial charge in [0.05, 0.1) is 24.4 Å². The Hall–Kier alpha value is -4.22. The van der Waals surface area contributed by atoms with Crippen molar-refractivity contribution in [2.75, 3.05) is 26.2 Å². The number of carbonyl (C=O) groups excluding carboxylic acids is 3. The number of hydrogen-bond donors (Lipinski definition) is 3. The monoisotopic (exact) mass is 592 g/mol. The van der Waals surface area contributed by atoms with Crippen molar-refractivity contribution in [3.63, 3.8) is 0 Å². The SMILES string of the molecule is CC(C)(C)Oc1cc(C(=O)CCO)ccc1C1=NC(c2cn[nH]c2)C(c2ccc(Cl)cc2)N1C(=O)N1CCNC(=O)C1. The summed E-state index contributed by atoms with van der Waals surface area (Å²) in [4.78, 5) is 47.6. The maximum atomic E-state index is 14.4. The number of aromatic nitrogens is 2. The number of halogens is 1. The van der Waals surface area contributed by atoms with E-state index < -0.39 is 23.7 Å². The molecule has 11 nitrogen and oxygen atoms in total. The van der Waals surface area contributed by atoms with Gasteiger partial charge in [0, 0.05) is 41.9 Å². The molecule has 2 aliphatic heterocycles. The minimum absolute atomic E-state index is 0.0297. The van der Waals surface area contributed by atoms with E-state index in [9.17, 15) is 19.5 Å². The van der Waals surface area contributed by atoms with Gasteiger partial charge in [0.2, 0.25) is 5.91 Å². The van der Waals surface area contributed by atoms with E-state index >= 15 is 0 Å². The number of aromatic amines is 1. The van der Waals surface area contributed by atoms with Crippen LogP contribution in [-0.2, 0) is 4.79 Å². The topological polar surface area (TPSA) is 140 Å². The van der Waals surface area contributed by atoms with Crippen LogP contribution in [0.4, 0.5) is 4.79 Å². The Morgan fingerprint density at radius 3 is 2.55 bits per heavy atom. The fraction of sp³-hybridized carbons (Fsp3) is 0.367. The highest BCUT2D eigenvalue weighted by molar-refractivity contribution is 6.30. The number of ketones is 1. The van der Waals surface area contributed by atoms with Crippen LogP contribution in [0.1, 0.15) is 66.3 Å². The molecule has 3 heterocycles. The predicted octanol–water partition coefficient (Wildman–Crippen LogP) is 3.90. The second kappa shape index (κ2) is 11.9. The van der Waals surface area contributed by atoms with Gasteiger partial charge in [-0.2, -0.15) is 5.10 Å². The first-order chi connectivity index (χ1) is 20.1. The van der Waals surface area contributed by atoms with E-state index in [1.807, 2.05) is 32.9 Å². The fourth-order valence-electron chi connectivity index (χ4n) is 5.11. The van der Waals surface area contributed by atoms with Crippen molar-refractivity contribution in [2.24, 2.45) is 4.99 Å². The summed E-state index contributed by atoms with van der Waals surface area (Å²) in [6.07, 6.45) is 3.37. The van der Waals surface area contributed by atoms with E-state index in [1.54, 1.807) is 47.6 Å². The molecule has 2 unspecified atom stereocenters. The first-order valence-electron chi connectivity index (χ1n) is 13.7. The number of hydrogen-bond acceptors (Lipinski definition) is 7. The minimum atomic E-state index is -0.647. The number of carbonyl (C=O) groups is 3. The molecule has 2 atom stereocenters. The van der Waals surface area contributed by atoms with E-state index in [4.69, 9.17) is 21.3 Å². The standard InChI is InChI=1S/C30H33ClN6O5/c1-30(2,3)42-24-14-19(23(39)10-13-38)6-9-22(24)28-35-26(20-15-33-34-16-20)27(18-4-7-21(31)8-5-18)37(28)29(41)36-12-11-32-25(40)17-36/h4-9,14-16,26-27,38H,10-13,17H2,1-3H3,(H,32,40)(H,33,34). The normalized spacial score (nSPS) is 19.0. The Bertz CT molecular complexity index is 1500. The summed E-state index contributed by atoms with van der Waals surface area (Å²) in [5, 5.41) is 19.6. The maximum absolute atomic E-state index is 14.4. The first kappa shape index (κ1) is 29.3. The number of nitrogens with zero attached hydrogens (tertiary/aromatic N) is 4. The molecular weight excluding hydrogens is 560 g/mol. The minimum Gasteiger partial charge on any atom is -0.487 e. The van der Waals surface area contributed by atoms with E-state index in [2.05, 4.69) is 15.5 Å². The lowest BCUT2D eigenvalue weighted by Gasteiger charge is -2.36. The Balaban J connectivity index is 1.70. The van der Waals surface area contributed by atoms with Crippen molar-refractivity contribution in [2.45, 2.75) is 44.9 Å². The van der Waals surface area contributed by atoms with Crippen molar-refractivity contribution in [3.05, 3.63) is 82.1 Å². The molecule has 2 aliphatic rings. The zero-order valence-electron chi connectivity index (χ0n) is 23.6. The average Bonchev–Trinajstić information content (AvgIpc) is 3.61. The van der Waals surface area contributed by atoms with Crippen molar-refractivity contribution >= 4 is 35.2 Å². The zero-order chi connectivity index (χ0) is 30.0. The number of aliphatic hydroxyl groups is 1. The lowest BCUT2D eigenvalue weighted by Crippen LogP contribution is -2.55. The second-order valence-corrected chi connectivity index (χ2v) is 11.6. The van der Waals surface area contributed by atoms with Crippen LogP contribution in [0.5, 0.6) is 5.75 Å². The predicted molar refractivity (Wildman–Crippen MR) is 157 cm³/mol. The molecule has 3 N–H and O–H groups in total. The Labute approximate surface area is 248 Å². The van der Waals surface area contributed by atoms with E-state index in [0.29, 0.717) is 40.8 Å². The number of aliphatic hydroxyl groups excluding tert-OH is 1. The van der Waals surface area contributed by atoms with Crippen molar-refractivity contribution in [1.82, 2.24) is 25.3 Å². The molecule has 0 radical (unpaired) electrons. The number of piperazine rings is 1. The third-order valence-electron chi connectivity index (χ3n) is 6.95. The molecule has 1 aromatic heterocycles. The van der Waals surface area contributed by atoms with Gasteiger partial charge in [-0.1, -0.05) is 29.8 Å². The molecule has 220 valence electrons. The summed E-state index contributed by atoms with van der Waals surface area (Å²) in [6.45, 7) is 5.95. The highest BCUT2D eigenvalue weighted by Crippen LogP contribution is 2.45. The van der Waals surface area contributed by atoms with Crippen LogP contribution in [0, 0.1) is 0 Å². The molecule has 3 amide bonds. The van der Waals surface area contributed by atoms with Gasteiger partial charge in [0.1, 0.15) is 29.8 Å². The maximum Gasteiger partial charge on any atom is 0.326 e. The van der Waals surface area contributed by atoms with Gasteiger partial charge in [-0.3, -0.25) is 24.6 Å². The molecular formula is C30H33ClN6O5. The van der Waals surface area contributed by atoms with Gasteiger partial charge in [-0.25, -0.2) is 4.79 Å². The average molecular weight is 593 g/mol. The summed E-state index contributed by atoms with van der Waals surface area (Å²) in [7, 11) is 0. The highest BCUT2D eigenvalue weighted by Gasteiger charge is 2.45. The van der Waals surface area contributed by atoms with Crippen LogP contribution >= 0.6 is 11.6 Å². The van der Waals surface area contributed by atoms with E-state index in [1.165, 1.54) is 4.90 Å². The molecule has 1 fully saturated rings. The van der Waals surface area contributed by atoms with Crippen molar-refractivity contribution < 1.29 is 24.2 Å². The lowest BCUT2D eigenvalue weighted by atomic mass is 9.95. The largest absolute Gasteiger partial charge is 0.487 e. The summed E-state index contributed by atoms with van der Waals surface area (Å²) in [5.41, 5.74) is 1.77. The van der Waals surface area contributed by atoms with Gasteiger partial charge in [-0.15, -0.1) is 0 Å². The number of nitrogens with one attached hydrogen (secondary N) is 2. The number of aliphatic imine (C=N–C) groups is 1. The van der Waals surface area contributed by atoms with Crippen molar-refractivity contribution in [3.8, 4) is 5.75 Å². The number of Topliss-reactive ketones (excluding diaryl/α,β-unsaturated/α-hetero) is 1. The molecule has 0 saturated carbocycles. The number of amides is 3.